The van der Waals surface area contributed by atoms with Gasteiger partial charge in [0, 0.05) is 29.4 Å². The van der Waals surface area contributed by atoms with Gasteiger partial charge in [-0.15, -0.1) is 11.8 Å². The molecule has 0 radical (unpaired) electrons. The summed E-state index contributed by atoms with van der Waals surface area (Å²) in [6.07, 6.45) is -2.60. The molecule has 7 heteroatoms. The number of nitrogens with two attached hydrogens (primary N) is 1. The SMILES string of the molecule is C[N+]1(CCCSc2cccc(C(F)(F)F)c2)CCC(C(C(N)=O)(c2ccccc2)c2ccccc2)C1. The van der Waals surface area contributed by atoms with E-state index in [4.69, 9.17) is 5.73 Å². The van der Waals surface area contributed by atoms with Gasteiger partial charge in [-0.05, 0) is 29.3 Å². The lowest BCUT2D eigenvalue weighted by molar-refractivity contribution is -0.899. The fraction of sp³-hybridized carbons (Fsp3) is 0.345. The van der Waals surface area contributed by atoms with E-state index in [9.17, 15) is 18.0 Å². The van der Waals surface area contributed by atoms with E-state index in [-0.39, 0.29) is 11.8 Å². The van der Waals surface area contributed by atoms with Crippen molar-refractivity contribution >= 4 is 17.7 Å². The van der Waals surface area contributed by atoms with E-state index >= 15 is 0 Å². The van der Waals surface area contributed by atoms with E-state index < -0.39 is 17.2 Å². The van der Waals surface area contributed by atoms with Crippen LogP contribution >= 0.6 is 11.8 Å². The Labute approximate surface area is 215 Å². The Balaban J connectivity index is 1.48. The van der Waals surface area contributed by atoms with E-state index in [0.717, 1.165) is 59.9 Å². The van der Waals surface area contributed by atoms with Gasteiger partial charge in [0.15, 0.2) is 0 Å². The predicted molar refractivity (Wildman–Crippen MR) is 139 cm³/mol. The molecule has 2 atom stereocenters. The number of halogens is 3. The summed E-state index contributed by atoms with van der Waals surface area (Å²) in [5, 5.41) is 0. The van der Waals surface area contributed by atoms with Gasteiger partial charge in [-0.25, -0.2) is 0 Å². The summed E-state index contributed by atoms with van der Waals surface area (Å²) in [5.41, 5.74) is 6.52. The van der Waals surface area contributed by atoms with Crippen molar-refractivity contribution in [3.05, 3.63) is 102 Å². The first kappa shape index (κ1) is 26.3. The first-order chi connectivity index (χ1) is 17.1. The molecule has 190 valence electrons. The number of quaternary nitrogens is 1. The highest BCUT2D eigenvalue weighted by Gasteiger charge is 2.53. The lowest BCUT2D eigenvalue weighted by Gasteiger charge is -2.38. The van der Waals surface area contributed by atoms with E-state index in [1.807, 2.05) is 60.7 Å². The molecule has 2 N–H and O–H groups in total. The minimum absolute atomic E-state index is 0.0425. The minimum Gasteiger partial charge on any atom is -0.369 e. The number of thioether (sulfide) groups is 1. The summed E-state index contributed by atoms with van der Waals surface area (Å²) in [5.74, 6) is 0.442. The van der Waals surface area contributed by atoms with Crippen molar-refractivity contribution in [3.8, 4) is 0 Å². The number of primary amides is 1. The van der Waals surface area contributed by atoms with Gasteiger partial charge in [-0.3, -0.25) is 4.79 Å². The molecule has 2 unspecified atom stereocenters. The monoisotopic (exact) mass is 513 g/mol. The van der Waals surface area contributed by atoms with Gasteiger partial charge in [-0.2, -0.15) is 13.2 Å². The van der Waals surface area contributed by atoms with Crippen molar-refractivity contribution in [2.24, 2.45) is 11.7 Å². The van der Waals surface area contributed by atoms with Crippen LogP contribution < -0.4 is 5.73 Å². The van der Waals surface area contributed by atoms with Crippen LogP contribution in [0, 0.1) is 5.92 Å². The number of carbonyl (C=O) groups excluding carboxylic acids is 1. The molecule has 0 aromatic heterocycles. The van der Waals surface area contributed by atoms with E-state index in [2.05, 4.69) is 7.05 Å². The zero-order chi connectivity index (χ0) is 25.8. The summed E-state index contributed by atoms with van der Waals surface area (Å²) in [6, 6.07) is 25.1. The van der Waals surface area contributed by atoms with Crippen LogP contribution in [0.3, 0.4) is 0 Å². The van der Waals surface area contributed by atoms with Crippen molar-refractivity contribution < 1.29 is 22.4 Å². The molecule has 1 fully saturated rings. The fourth-order valence-electron chi connectivity index (χ4n) is 5.66. The molecule has 0 saturated carbocycles. The highest BCUT2D eigenvalue weighted by atomic mass is 32.2. The first-order valence-electron chi connectivity index (χ1n) is 12.2. The van der Waals surface area contributed by atoms with Crippen LogP contribution in [0.5, 0.6) is 0 Å². The third-order valence-corrected chi connectivity index (χ3v) is 8.49. The number of carbonyl (C=O) groups is 1. The number of amides is 1. The summed E-state index contributed by atoms with van der Waals surface area (Å²) in [4.78, 5) is 13.9. The number of nitrogens with zero attached hydrogens (tertiary/aromatic N) is 1. The highest BCUT2D eigenvalue weighted by molar-refractivity contribution is 7.99. The average Bonchev–Trinajstić information content (AvgIpc) is 3.25. The molecule has 3 aromatic carbocycles. The van der Waals surface area contributed by atoms with E-state index in [0.29, 0.717) is 4.90 Å². The Hall–Kier alpha value is -2.77. The largest absolute Gasteiger partial charge is 0.416 e. The second kappa shape index (κ2) is 10.7. The van der Waals surface area contributed by atoms with Gasteiger partial charge in [0.05, 0.1) is 32.2 Å². The minimum atomic E-state index is -4.33. The molecule has 36 heavy (non-hydrogen) atoms. The Kier molecular flexibility index (Phi) is 7.81. The topological polar surface area (TPSA) is 43.1 Å². The molecular formula is C29H32F3N2OS+. The summed E-state index contributed by atoms with van der Waals surface area (Å²) in [7, 11) is 2.21. The van der Waals surface area contributed by atoms with Crippen LogP contribution in [0.15, 0.2) is 89.8 Å². The molecule has 1 aliphatic rings. The van der Waals surface area contributed by atoms with Crippen LogP contribution in [0.25, 0.3) is 0 Å². The molecule has 1 amide bonds. The highest BCUT2D eigenvalue weighted by Crippen LogP contribution is 2.45. The molecule has 0 spiro atoms. The molecule has 1 aliphatic heterocycles. The molecule has 0 bridgehead atoms. The second-order valence-electron chi connectivity index (χ2n) is 9.87. The Morgan fingerprint density at radius 1 is 0.944 bits per heavy atom. The average molecular weight is 514 g/mol. The third-order valence-electron chi connectivity index (χ3n) is 7.41. The van der Waals surface area contributed by atoms with Crippen molar-refractivity contribution in [2.45, 2.75) is 29.3 Å². The molecule has 3 nitrogen and oxygen atoms in total. The van der Waals surface area contributed by atoms with Crippen molar-refractivity contribution in [2.75, 3.05) is 32.4 Å². The summed E-state index contributed by atoms with van der Waals surface area (Å²) in [6.45, 7) is 2.62. The zero-order valence-corrected chi connectivity index (χ0v) is 21.2. The van der Waals surface area contributed by atoms with Crippen LogP contribution in [-0.2, 0) is 16.4 Å². The maximum absolute atomic E-state index is 13.3. The van der Waals surface area contributed by atoms with Gasteiger partial charge in [-0.1, -0.05) is 66.7 Å². The van der Waals surface area contributed by atoms with Crippen molar-refractivity contribution in [1.29, 1.82) is 0 Å². The normalized spacial score (nSPS) is 20.4. The molecule has 0 aliphatic carbocycles. The van der Waals surface area contributed by atoms with Gasteiger partial charge >= 0.3 is 6.18 Å². The lowest BCUT2D eigenvalue weighted by Crippen LogP contribution is -2.51. The zero-order valence-electron chi connectivity index (χ0n) is 20.4. The standard InChI is InChI=1S/C29H31F3N2OS/c1-34(17-9-19-36-26-15-8-14-24(20-26)29(30,31)32)18-16-25(21-34)28(27(33)35,22-10-4-2-5-11-22)23-12-6-3-7-13-23/h2-8,10-15,20,25H,9,16-19,21H2,1H3,(H-,33,35)/p+1. The van der Waals surface area contributed by atoms with E-state index in [1.54, 1.807) is 6.07 Å². The van der Waals surface area contributed by atoms with Crippen LogP contribution in [0.1, 0.15) is 29.5 Å². The molecule has 1 saturated heterocycles. The predicted octanol–water partition coefficient (Wildman–Crippen LogP) is 6.13. The van der Waals surface area contributed by atoms with Crippen LogP contribution in [-0.4, -0.2) is 42.8 Å². The maximum Gasteiger partial charge on any atom is 0.416 e. The Morgan fingerprint density at radius 3 is 2.08 bits per heavy atom. The van der Waals surface area contributed by atoms with Gasteiger partial charge in [0.1, 0.15) is 5.41 Å². The molecular weight excluding hydrogens is 481 g/mol. The summed E-state index contributed by atoms with van der Waals surface area (Å²) >= 11 is 1.45. The van der Waals surface area contributed by atoms with Crippen molar-refractivity contribution in [1.82, 2.24) is 0 Å². The number of likely N-dealkylation sites (tertiary alicyclic amines) is 1. The van der Waals surface area contributed by atoms with Gasteiger partial charge in [0.25, 0.3) is 0 Å². The Bertz CT molecular complexity index is 1130. The van der Waals surface area contributed by atoms with Gasteiger partial charge < -0.3 is 10.2 Å². The smallest absolute Gasteiger partial charge is 0.369 e. The fourth-order valence-corrected chi connectivity index (χ4v) is 6.56. The second-order valence-corrected chi connectivity index (χ2v) is 11.0. The Morgan fingerprint density at radius 2 is 1.53 bits per heavy atom. The first-order valence-corrected chi connectivity index (χ1v) is 13.2. The lowest BCUT2D eigenvalue weighted by atomic mass is 9.64. The maximum atomic E-state index is 13.3. The number of hydrogen-bond donors (Lipinski definition) is 1. The van der Waals surface area contributed by atoms with E-state index in [1.165, 1.54) is 23.9 Å². The van der Waals surface area contributed by atoms with Crippen LogP contribution in [0.2, 0.25) is 0 Å². The van der Waals surface area contributed by atoms with Crippen molar-refractivity contribution in [3.63, 3.8) is 0 Å². The van der Waals surface area contributed by atoms with Crippen LogP contribution in [0.4, 0.5) is 13.2 Å². The number of alkyl halides is 3. The number of hydrogen-bond acceptors (Lipinski definition) is 2. The third kappa shape index (κ3) is 5.47. The molecule has 3 aromatic rings. The van der Waals surface area contributed by atoms with Gasteiger partial charge in [0.2, 0.25) is 5.91 Å². The molecule has 4 rings (SSSR count). The number of rotatable bonds is 9. The number of benzene rings is 3. The summed E-state index contributed by atoms with van der Waals surface area (Å²) < 4.78 is 39.8. The molecule has 1 heterocycles. The quantitative estimate of drug-likeness (QED) is 0.213.